The molecule has 1 atom stereocenters. The fourth-order valence-electron chi connectivity index (χ4n) is 2.40. The Morgan fingerprint density at radius 3 is 3.06 bits per heavy atom. The Labute approximate surface area is 109 Å². The Kier molecular flexibility index (Phi) is 4.55. The molecular formula is C14H23N3O. The van der Waals surface area contributed by atoms with Gasteiger partial charge in [0.1, 0.15) is 0 Å². The van der Waals surface area contributed by atoms with Gasteiger partial charge in [0.2, 0.25) is 0 Å². The van der Waals surface area contributed by atoms with Gasteiger partial charge in [-0.3, -0.25) is 4.98 Å². The Hall–Kier alpha value is -1.13. The monoisotopic (exact) mass is 249 g/mol. The Bertz CT molecular complexity index is 395. The molecule has 1 aliphatic rings. The lowest BCUT2D eigenvalue weighted by Crippen LogP contribution is -2.25. The lowest BCUT2D eigenvalue weighted by molar-refractivity contribution is 0.121. The number of nitrogens with zero attached hydrogens (tertiary/aromatic N) is 2. The Morgan fingerprint density at radius 2 is 2.39 bits per heavy atom. The van der Waals surface area contributed by atoms with Gasteiger partial charge in [-0.05, 0) is 26.0 Å². The van der Waals surface area contributed by atoms with Gasteiger partial charge < -0.3 is 15.0 Å². The van der Waals surface area contributed by atoms with Crippen molar-refractivity contribution in [3.8, 4) is 0 Å². The summed E-state index contributed by atoms with van der Waals surface area (Å²) in [6, 6.07) is 2.19. The van der Waals surface area contributed by atoms with E-state index < -0.39 is 0 Å². The van der Waals surface area contributed by atoms with E-state index in [1.807, 2.05) is 13.1 Å². The van der Waals surface area contributed by atoms with Crippen LogP contribution in [0.25, 0.3) is 0 Å². The van der Waals surface area contributed by atoms with Crippen LogP contribution in [0.2, 0.25) is 0 Å². The topological polar surface area (TPSA) is 37.4 Å². The molecule has 1 N–H and O–H groups in total. The van der Waals surface area contributed by atoms with Crippen molar-refractivity contribution >= 4 is 5.69 Å². The maximum atomic E-state index is 5.44. The first-order valence-corrected chi connectivity index (χ1v) is 6.68. The predicted octanol–water partition coefficient (Wildman–Crippen LogP) is 1.72. The molecule has 1 aromatic heterocycles. The number of nitrogens with one attached hydrogen (secondary N) is 1. The molecule has 2 heterocycles. The highest BCUT2D eigenvalue weighted by Gasteiger charge is 2.24. The third-order valence-corrected chi connectivity index (χ3v) is 3.48. The van der Waals surface area contributed by atoms with Gasteiger partial charge in [0, 0.05) is 49.9 Å². The highest BCUT2D eigenvalue weighted by atomic mass is 16.5. The smallest absolute Gasteiger partial charge is 0.0762 e. The SMILES string of the molecule is CCNCc1cnc(C)cc1N1CCC(OC)C1. The van der Waals surface area contributed by atoms with E-state index in [-0.39, 0.29) is 0 Å². The van der Waals surface area contributed by atoms with E-state index >= 15 is 0 Å². The van der Waals surface area contributed by atoms with Gasteiger partial charge in [-0.15, -0.1) is 0 Å². The third-order valence-electron chi connectivity index (χ3n) is 3.48. The normalized spacial score (nSPS) is 19.5. The molecule has 0 saturated carbocycles. The zero-order chi connectivity index (χ0) is 13.0. The van der Waals surface area contributed by atoms with E-state index in [9.17, 15) is 0 Å². The van der Waals surface area contributed by atoms with E-state index in [0.29, 0.717) is 6.10 Å². The van der Waals surface area contributed by atoms with Crippen LogP contribution in [0.1, 0.15) is 24.6 Å². The van der Waals surface area contributed by atoms with E-state index in [4.69, 9.17) is 4.74 Å². The summed E-state index contributed by atoms with van der Waals surface area (Å²) in [4.78, 5) is 6.82. The zero-order valence-electron chi connectivity index (χ0n) is 11.6. The largest absolute Gasteiger partial charge is 0.380 e. The molecule has 0 aliphatic carbocycles. The van der Waals surface area contributed by atoms with Crippen LogP contribution >= 0.6 is 0 Å². The molecule has 0 spiro atoms. The van der Waals surface area contributed by atoms with Crippen molar-refractivity contribution in [3.05, 3.63) is 23.5 Å². The third kappa shape index (κ3) is 3.00. The molecule has 4 nitrogen and oxygen atoms in total. The minimum absolute atomic E-state index is 0.366. The van der Waals surface area contributed by atoms with Crippen molar-refractivity contribution in [2.24, 2.45) is 0 Å². The van der Waals surface area contributed by atoms with Crippen LogP contribution in [0.3, 0.4) is 0 Å². The number of ether oxygens (including phenoxy) is 1. The summed E-state index contributed by atoms with van der Waals surface area (Å²) in [5.41, 5.74) is 3.66. The summed E-state index contributed by atoms with van der Waals surface area (Å²) >= 11 is 0. The molecule has 1 aromatic rings. The summed E-state index contributed by atoms with van der Waals surface area (Å²) in [6.07, 6.45) is 3.47. The first-order chi connectivity index (χ1) is 8.74. The zero-order valence-corrected chi connectivity index (χ0v) is 11.6. The molecule has 4 heteroatoms. The number of anilines is 1. The number of pyridine rings is 1. The standard InChI is InChI=1S/C14H23N3O/c1-4-15-8-12-9-16-11(2)7-14(12)17-6-5-13(10-17)18-3/h7,9,13,15H,4-6,8,10H2,1-3H3. The molecule has 0 bridgehead atoms. The Balaban J connectivity index is 2.16. The maximum absolute atomic E-state index is 5.44. The summed E-state index contributed by atoms with van der Waals surface area (Å²) in [6.45, 7) is 8.09. The van der Waals surface area contributed by atoms with Crippen molar-refractivity contribution in [2.75, 3.05) is 31.6 Å². The van der Waals surface area contributed by atoms with Gasteiger partial charge in [0.05, 0.1) is 6.10 Å². The molecule has 1 aliphatic heterocycles. The fourth-order valence-corrected chi connectivity index (χ4v) is 2.40. The highest BCUT2D eigenvalue weighted by Crippen LogP contribution is 2.25. The fraction of sp³-hybridized carbons (Fsp3) is 0.643. The minimum Gasteiger partial charge on any atom is -0.380 e. The lowest BCUT2D eigenvalue weighted by Gasteiger charge is -2.22. The van der Waals surface area contributed by atoms with Crippen LogP contribution in [0.15, 0.2) is 12.3 Å². The molecule has 1 fully saturated rings. The Morgan fingerprint density at radius 1 is 1.56 bits per heavy atom. The first kappa shape index (κ1) is 13.3. The van der Waals surface area contributed by atoms with E-state index in [1.54, 1.807) is 7.11 Å². The van der Waals surface area contributed by atoms with Gasteiger partial charge in [0.25, 0.3) is 0 Å². The van der Waals surface area contributed by atoms with Crippen molar-refractivity contribution in [1.82, 2.24) is 10.3 Å². The van der Waals surface area contributed by atoms with E-state index in [1.165, 1.54) is 11.3 Å². The molecular weight excluding hydrogens is 226 g/mol. The molecule has 18 heavy (non-hydrogen) atoms. The summed E-state index contributed by atoms with van der Waals surface area (Å²) in [5, 5.41) is 3.38. The van der Waals surface area contributed by atoms with Crippen LogP contribution in [0.4, 0.5) is 5.69 Å². The van der Waals surface area contributed by atoms with Crippen molar-refractivity contribution in [2.45, 2.75) is 32.9 Å². The number of methoxy groups -OCH3 is 1. The van der Waals surface area contributed by atoms with Gasteiger partial charge in [0.15, 0.2) is 0 Å². The second-order valence-corrected chi connectivity index (χ2v) is 4.83. The molecule has 1 unspecified atom stereocenters. The second kappa shape index (κ2) is 6.16. The van der Waals surface area contributed by atoms with Crippen molar-refractivity contribution in [1.29, 1.82) is 0 Å². The minimum atomic E-state index is 0.366. The van der Waals surface area contributed by atoms with E-state index in [0.717, 1.165) is 38.3 Å². The molecule has 100 valence electrons. The molecule has 2 rings (SSSR count). The second-order valence-electron chi connectivity index (χ2n) is 4.83. The van der Waals surface area contributed by atoms with Crippen LogP contribution in [0, 0.1) is 6.92 Å². The highest BCUT2D eigenvalue weighted by molar-refractivity contribution is 5.54. The van der Waals surface area contributed by atoms with Crippen molar-refractivity contribution < 1.29 is 4.74 Å². The summed E-state index contributed by atoms with van der Waals surface area (Å²) in [5.74, 6) is 0. The van der Waals surface area contributed by atoms with Gasteiger partial charge in [-0.25, -0.2) is 0 Å². The van der Waals surface area contributed by atoms with Gasteiger partial charge in [-0.1, -0.05) is 6.92 Å². The number of aryl methyl sites for hydroxylation is 1. The summed E-state index contributed by atoms with van der Waals surface area (Å²) in [7, 11) is 1.80. The molecule has 1 saturated heterocycles. The lowest BCUT2D eigenvalue weighted by atomic mass is 10.2. The quantitative estimate of drug-likeness (QED) is 0.862. The number of rotatable bonds is 5. The summed E-state index contributed by atoms with van der Waals surface area (Å²) < 4.78 is 5.44. The van der Waals surface area contributed by atoms with Crippen LogP contribution in [-0.2, 0) is 11.3 Å². The van der Waals surface area contributed by atoms with Crippen LogP contribution in [0.5, 0.6) is 0 Å². The molecule has 0 amide bonds. The van der Waals surface area contributed by atoms with Gasteiger partial charge >= 0.3 is 0 Å². The molecule has 0 aromatic carbocycles. The molecule has 0 radical (unpaired) electrons. The van der Waals surface area contributed by atoms with Crippen LogP contribution in [-0.4, -0.2) is 37.8 Å². The van der Waals surface area contributed by atoms with E-state index in [2.05, 4.69) is 28.2 Å². The van der Waals surface area contributed by atoms with Crippen LogP contribution < -0.4 is 10.2 Å². The number of hydrogen-bond donors (Lipinski definition) is 1. The number of aromatic nitrogens is 1. The number of hydrogen-bond acceptors (Lipinski definition) is 4. The van der Waals surface area contributed by atoms with Gasteiger partial charge in [-0.2, -0.15) is 0 Å². The predicted molar refractivity (Wildman–Crippen MR) is 74.0 cm³/mol. The maximum Gasteiger partial charge on any atom is 0.0762 e. The average molecular weight is 249 g/mol. The first-order valence-electron chi connectivity index (χ1n) is 6.68. The average Bonchev–Trinajstić information content (AvgIpc) is 2.86. The van der Waals surface area contributed by atoms with Crippen molar-refractivity contribution in [3.63, 3.8) is 0 Å².